The van der Waals surface area contributed by atoms with E-state index in [2.05, 4.69) is 20.8 Å². The van der Waals surface area contributed by atoms with E-state index in [-0.39, 0.29) is 11.7 Å². The highest BCUT2D eigenvalue weighted by Gasteiger charge is 2.41. The van der Waals surface area contributed by atoms with E-state index in [0.29, 0.717) is 35.9 Å². The van der Waals surface area contributed by atoms with Crippen molar-refractivity contribution in [1.29, 1.82) is 0 Å². The number of methoxy groups -OCH3 is 3. The Kier molecular flexibility index (Phi) is 5.01. The lowest BCUT2D eigenvalue weighted by Gasteiger charge is -2.35. The molecule has 1 aliphatic carbocycles. The molecule has 32 heavy (non-hydrogen) atoms. The van der Waals surface area contributed by atoms with E-state index in [4.69, 9.17) is 14.2 Å². The molecule has 2 heterocycles. The van der Waals surface area contributed by atoms with Crippen molar-refractivity contribution >= 4 is 11.7 Å². The van der Waals surface area contributed by atoms with E-state index in [1.807, 2.05) is 42.5 Å². The molecule has 0 bridgehead atoms. The number of Topliss-reactive ketones (excluding diaryl/α,β-unsaturated/α-hetero) is 1. The SMILES string of the molecule is COc1ccc(C2CC(=O)C3=C(C2)Nc2nnnn2C3c2cccc(OC)c2OC)cc1. The Morgan fingerprint density at radius 3 is 2.53 bits per heavy atom. The number of benzene rings is 2. The fourth-order valence-corrected chi connectivity index (χ4v) is 4.60. The number of allylic oxidation sites excluding steroid dienone is 2. The minimum atomic E-state index is -0.509. The number of aromatic nitrogens is 4. The molecule has 2 atom stereocenters. The summed E-state index contributed by atoms with van der Waals surface area (Å²) in [6.07, 6.45) is 1.07. The Morgan fingerprint density at radius 2 is 1.81 bits per heavy atom. The third kappa shape index (κ3) is 3.17. The second-order valence-corrected chi connectivity index (χ2v) is 7.75. The first kappa shape index (κ1) is 20.0. The molecule has 1 aromatic heterocycles. The van der Waals surface area contributed by atoms with Gasteiger partial charge in [-0.1, -0.05) is 29.4 Å². The standard InChI is InChI=1S/C23H23N5O4/c1-30-15-9-7-13(8-10-15)14-11-17-20(18(29)12-14)21(28-23(24-17)25-26-27-28)16-5-4-6-19(31-2)22(16)32-3/h4-10,14,21H,11-12H2,1-3H3,(H,24,25,27). The molecule has 1 aliphatic heterocycles. The van der Waals surface area contributed by atoms with Crippen LogP contribution in [0.3, 0.4) is 0 Å². The number of carbonyl (C=O) groups is 1. The number of hydrogen-bond acceptors (Lipinski definition) is 8. The zero-order valence-corrected chi connectivity index (χ0v) is 18.0. The molecule has 0 fully saturated rings. The molecule has 164 valence electrons. The van der Waals surface area contributed by atoms with Crippen LogP contribution in [0.2, 0.25) is 0 Å². The van der Waals surface area contributed by atoms with E-state index in [0.717, 1.165) is 22.6 Å². The molecule has 0 saturated carbocycles. The Labute approximate surface area is 185 Å². The molecule has 2 aromatic carbocycles. The van der Waals surface area contributed by atoms with Crippen LogP contribution < -0.4 is 19.5 Å². The summed E-state index contributed by atoms with van der Waals surface area (Å²) in [6, 6.07) is 13.0. The zero-order valence-electron chi connectivity index (χ0n) is 18.0. The highest BCUT2D eigenvalue weighted by molar-refractivity contribution is 6.00. The normalized spacial score (nSPS) is 19.7. The molecule has 3 aromatic rings. The van der Waals surface area contributed by atoms with Gasteiger partial charge < -0.3 is 19.5 Å². The van der Waals surface area contributed by atoms with Crippen molar-refractivity contribution in [3.8, 4) is 17.2 Å². The average molecular weight is 433 g/mol. The molecule has 2 aliphatic rings. The van der Waals surface area contributed by atoms with Crippen LogP contribution in [0.25, 0.3) is 0 Å². The molecule has 1 N–H and O–H groups in total. The van der Waals surface area contributed by atoms with Crippen LogP contribution in [-0.2, 0) is 4.79 Å². The lowest BCUT2D eigenvalue weighted by Crippen LogP contribution is -2.33. The van der Waals surface area contributed by atoms with Crippen molar-refractivity contribution in [2.75, 3.05) is 26.6 Å². The van der Waals surface area contributed by atoms with Gasteiger partial charge in [-0.15, -0.1) is 0 Å². The number of fused-ring (bicyclic) bond motifs is 1. The molecular formula is C23H23N5O4. The summed E-state index contributed by atoms with van der Waals surface area (Å²) in [6.45, 7) is 0. The van der Waals surface area contributed by atoms with Crippen LogP contribution >= 0.6 is 0 Å². The van der Waals surface area contributed by atoms with Gasteiger partial charge in [0.2, 0.25) is 5.95 Å². The molecule has 0 amide bonds. The maximum Gasteiger partial charge on any atom is 0.248 e. The van der Waals surface area contributed by atoms with Crippen molar-refractivity contribution in [3.63, 3.8) is 0 Å². The van der Waals surface area contributed by atoms with E-state index >= 15 is 0 Å². The molecular weight excluding hydrogens is 410 g/mol. The second-order valence-electron chi connectivity index (χ2n) is 7.75. The van der Waals surface area contributed by atoms with Crippen LogP contribution in [0.1, 0.15) is 35.9 Å². The Bertz CT molecular complexity index is 1200. The average Bonchev–Trinajstić information content (AvgIpc) is 3.30. The number of hydrogen-bond donors (Lipinski definition) is 1. The second kappa shape index (κ2) is 7.99. The summed E-state index contributed by atoms with van der Waals surface area (Å²) in [5.41, 5.74) is 3.35. The van der Waals surface area contributed by atoms with E-state index in [1.54, 1.807) is 26.0 Å². The van der Waals surface area contributed by atoms with Gasteiger partial charge >= 0.3 is 0 Å². The van der Waals surface area contributed by atoms with Crippen LogP contribution in [0.4, 0.5) is 5.95 Å². The number of nitrogens with one attached hydrogen (secondary N) is 1. The highest BCUT2D eigenvalue weighted by atomic mass is 16.5. The third-order valence-electron chi connectivity index (χ3n) is 6.10. The van der Waals surface area contributed by atoms with Crippen molar-refractivity contribution in [2.24, 2.45) is 0 Å². The number of ketones is 1. The molecule has 9 nitrogen and oxygen atoms in total. The minimum absolute atomic E-state index is 0.0509. The molecule has 9 heteroatoms. The Balaban J connectivity index is 1.60. The summed E-state index contributed by atoms with van der Waals surface area (Å²) in [7, 11) is 4.81. The zero-order chi connectivity index (χ0) is 22.2. The van der Waals surface area contributed by atoms with Crippen molar-refractivity contribution in [2.45, 2.75) is 24.8 Å². The van der Waals surface area contributed by atoms with Gasteiger partial charge in [-0.2, -0.15) is 4.68 Å². The van der Waals surface area contributed by atoms with Gasteiger partial charge in [-0.3, -0.25) is 4.79 Å². The number of tetrazole rings is 1. The van der Waals surface area contributed by atoms with Gasteiger partial charge in [0, 0.05) is 23.3 Å². The quantitative estimate of drug-likeness (QED) is 0.655. The third-order valence-corrected chi connectivity index (χ3v) is 6.10. The fourth-order valence-electron chi connectivity index (χ4n) is 4.60. The van der Waals surface area contributed by atoms with Gasteiger partial charge in [0.05, 0.1) is 21.3 Å². The fraction of sp³-hybridized carbons (Fsp3) is 0.304. The van der Waals surface area contributed by atoms with Gasteiger partial charge in [-0.25, -0.2) is 0 Å². The minimum Gasteiger partial charge on any atom is -0.497 e. The molecule has 2 unspecified atom stereocenters. The summed E-state index contributed by atoms with van der Waals surface area (Å²) >= 11 is 0. The molecule has 0 saturated heterocycles. The lowest BCUT2D eigenvalue weighted by atomic mass is 9.77. The van der Waals surface area contributed by atoms with E-state index in [1.165, 1.54) is 0 Å². The maximum atomic E-state index is 13.5. The molecule has 0 spiro atoms. The lowest BCUT2D eigenvalue weighted by molar-refractivity contribution is -0.116. The van der Waals surface area contributed by atoms with Crippen molar-refractivity contribution in [3.05, 3.63) is 64.9 Å². The van der Waals surface area contributed by atoms with Gasteiger partial charge in [0.15, 0.2) is 17.3 Å². The number of nitrogens with zero attached hydrogens (tertiary/aromatic N) is 4. The summed E-state index contributed by atoms with van der Waals surface area (Å²) < 4.78 is 18.0. The first-order valence-electron chi connectivity index (χ1n) is 10.3. The number of anilines is 1. The first-order chi connectivity index (χ1) is 15.6. The Morgan fingerprint density at radius 1 is 1.00 bits per heavy atom. The van der Waals surface area contributed by atoms with Gasteiger partial charge in [-0.05, 0) is 46.5 Å². The van der Waals surface area contributed by atoms with Crippen molar-refractivity contribution < 1.29 is 19.0 Å². The molecule has 5 rings (SSSR count). The summed E-state index contributed by atoms with van der Waals surface area (Å²) in [5.74, 6) is 2.52. The van der Waals surface area contributed by atoms with Gasteiger partial charge in [0.1, 0.15) is 11.8 Å². The number of para-hydroxylation sites is 1. The Hall–Kier alpha value is -3.88. The van der Waals surface area contributed by atoms with Crippen LogP contribution in [0, 0.1) is 0 Å². The topological polar surface area (TPSA) is 100 Å². The maximum absolute atomic E-state index is 13.5. The van der Waals surface area contributed by atoms with Crippen LogP contribution in [0.15, 0.2) is 53.7 Å². The van der Waals surface area contributed by atoms with Crippen LogP contribution in [-0.4, -0.2) is 47.3 Å². The van der Waals surface area contributed by atoms with Crippen LogP contribution in [0.5, 0.6) is 17.2 Å². The molecule has 0 radical (unpaired) electrons. The predicted molar refractivity (Wildman–Crippen MR) is 116 cm³/mol. The monoisotopic (exact) mass is 433 g/mol. The smallest absolute Gasteiger partial charge is 0.248 e. The first-order valence-corrected chi connectivity index (χ1v) is 10.3. The predicted octanol–water partition coefficient (Wildman–Crippen LogP) is 3.11. The van der Waals surface area contributed by atoms with Gasteiger partial charge in [0.25, 0.3) is 0 Å². The number of carbonyl (C=O) groups excluding carboxylic acids is 1. The largest absolute Gasteiger partial charge is 0.497 e. The summed E-state index contributed by atoms with van der Waals surface area (Å²) in [5, 5.41) is 15.4. The number of rotatable bonds is 5. The van der Waals surface area contributed by atoms with Crippen molar-refractivity contribution in [1.82, 2.24) is 20.2 Å². The van der Waals surface area contributed by atoms with E-state index in [9.17, 15) is 4.79 Å². The highest BCUT2D eigenvalue weighted by Crippen LogP contribution is 2.47. The summed E-state index contributed by atoms with van der Waals surface area (Å²) in [4.78, 5) is 13.5. The van der Waals surface area contributed by atoms with E-state index < -0.39 is 6.04 Å². The number of ether oxygens (including phenoxy) is 3.